The first-order valence-electron chi connectivity index (χ1n) is 5.80. The Balaban J connectivity index is 2.07. The molecule has 0 aromatic heterocycles. The number of piperidine rings is 1. The molecule has 1 aliphatic heterocycles. The van der Waals surface area contributed by atoms with Crippen LogP contribution in [0.1, 0.15) is 12.8 Å². The van der Waals surface area contributed by atoms with E-state index < -0.39 is 10.9 Å². The van der Waals surface area contributed by atoms with Gasteiger partial charge in [0, 0.05) is 30.9 Å². The number of aliphatic carboxylic acids is 1. The van der Waals surface area contributed by atoms with E-state index in [1.165, 1.54) is 12.1 Å². The quantitative estimate of drug-likeness (QED) is 0.654. The molecule has 0 aliphatic carbocycles. The van der Waals surface area contributed by atoms with Gasteiger partial charge >= 0.3 is 5.97 Å². The van der Waals surface area contributed by atoms with Crippen LogP contribution in [0.25, 0.3) is 0 Å². The monoisotopic (exact) mass is 250 g/mol. The van der Waals surface area contributed by atoms with Gasteiger partial charge in [0.2, 0.25) is 0 Å². The highest BCUT2D eigenvalue weighted by molar-refractivity contribution is 5.70. The van der Waals surface area contributed by atoms with Crippen LogP contribution < -0.4 is 4.90 Å². The van der Waals surface area contributed by atoms with E-state index in [0.717, 1.165) is 5.69 Å². The number of carboxylic acid groups (broad SMARTS) is 1. The van der Waals surface area contributed by atoms with Crippen molar-refractivity contribution in [3.05, 3.63) is 34.4 Å². The van der Waals surface area contributed by atoms with Gasteiger partial charge in [-0.15, -0.1) is 0 Å². The lowest BCUT2D eigenvalue weighted by molar-refractivity contribution is -0.384. The number of benzene rings is 1. The van der Waals surface area contributed by atoms with Crippen LogP contribution in [0.3, 0.4) is 0 Å². The van der Waals surface area contributed by atoms with Crippen LogP contribution in [0.5, 0.6) is 0 Å². The molecule has 1 heterocycles. The van der Waals surface area contributed by atoms with Crippen molar-refractivity contribution in [2.24, 2.45) is 5.92 Å². The van der Waals surface area contributed by atoms with Crippen molar-refractivity contribution >= 4 is 17.3 Å². The van der Waals surface area contributed by atoms with Crippen LogP contribution >= 0.6 is 0 Å². The molecule has 1 aromatic carbocycles. The van der Waals surface area contributed by atoms with Crippen molar-refractivity contribution in [2.75, 3.05) is 18.0 Å². The van der Waals surface area contributed by atoms with Gasteiger partial charge < -0.3 is 10.0 Å². The predicted molar refractivity (Wildman–Crippen MR) is 65.7 cm³/mol. The van der Waals surface area contributed by atoms with Crippen LogP contribution in [0.4, 0.5) is 11.4 Å². The summed E-state index contributed by atoms with van der Waals surface area (Å²) in [6, 6.07) is 6.44. The molecule has 1 aromatic rings. The fraction of sp³-hybridized carbons (Fsp3) is 0.417. The van der Waals surface area contributed by atoms with E-state index in [2.05, 4.69) is 0 Å². The van der Waals surface area contributed by atoms with Crippen LogP contribution in [-0.4, -0.2) is 29.1 Å². The third-order valence-corrected chi connectivity index (χ3v) is 3.25. The van der Waals surface area contributed by atoms with Gasteiger partial charge in [-0.3, -0.25) is 14.9 Å². The minimum atomic E-state index is -0.756. The molecule has 1 N–H and O–H groups in total. The number of rotatable bonds is 3. The van der Waals surface area contributed by atoms with Crippen molar-refractivity contribution in [2.45, 2.75) is 12.8 Å². The normalized spacial score (nSPS) is 16.6. The Hall–Kier alpha value is -2.11. The summed E-state index contributed by atoms with van der Waals surface area (Å²) >= 11 is 0. The van der Waals surface area contributed by atoms with Crippen molar-refractivity contribution in [3.63, 3.8) is 0 Å². The highest BCUT2D eigenvalue weighted by Crippen LogP contribution is 2.26. The van der Waals surface area contributed by atoms with Crippen molar-refractivity contribution in [1.29, 1.82) is 0 Å². The molecule has 96 valence electrons. The molecule has 0 unspecified atom stereocenters. The molecule has 1 fully saturated rings. The van der Waals surface area contributed by atoms with Crippen LogP contribution in [-0.2, 0) is 4.79 Å². The Labute approximate surface area is 104 Å². The molecule has 1 saturated heterocycles. The molecule has 1 aliphatic rings. The summed E-state index contributed by atoms with van der Waals surface area (Å²) in [6.07, 6.45) is 1.16. The minimum Gasteiger partial charge on any atom is -0.481 e. The molecule has 2 rings (SSSR count). The Morgan fingerprint density at radius 3 is 2.61 bits per heavy atom. The standard InChI is InChI=1S/C12H14N2O4/c15-12(16)9-4-6-13(7-5-9)10-2-1-3-11(8-10)14(17)18/h1-3,8-9H,4-7H2,(H,15,16). The van der Waals surface area contributed by atoms with E-state index in [0.29, 0.717) is 25.9 Å². The number of nitro benzene ring substituents is 1. The summed E-state index contributed by atoms with van der Waals surface area (Å²) < 4.78 is 0. The first-order chi connectivity index (χ1) is 8.58. The number of nitrogens with zero attached hydrogens (tertiary/aromatic N) is 2. The summed E-state index contributed by atoms with van der Waals surface area (Å²) in [6.45, 7) is 1.25. The fourth-order valence-corrected chi connectivity index (χ4v) is 2.19. The number of non-ortho nitro benzene ring substituents is 1. The highest BCUT2D eigenvalue weighted by Gasteiger charge is 2.25. The third kappa shape index (κ3) is 2.58. The number of nitro groups is 1. The number of carbonyl (C=O) groups is 1. The lowest BCUT2D eigenvalue weighted by Gasteiger charge is -2.31. The largest absolute Gasteiger partial charge is 0.481 e. The zero-order valence-corrected chi connectivity index (χ0v) is 9.78. The molecule has 18 heavy (non-hydrogen) atoms. The average molecular weight is 250 g/mol. The SMILES string of the molecule is O=C(O)C1CCN(c2cccc([N+](=O)[O-])c2)CC1. The van der Waals surface area contributed by atoms with E-state index in [4.69, 9.17) is 5.11 Å². The molecule has 0 radical (unpaired) electrons. The number of hydrogen-bond donors (Lipinski definition) is 1. The van der Waals surface area contributed by atoms with Crippen molar-refractivity contribution < 1.29 is 14.8 Å². The zero-order chi connectivity index (χ0) is 13.1. The van der Waals surface area contributed by atoms with Gasteiger partial charge in [0.05, 0.1) is 10.8 Å². The van der Waals surface area contributed by atoms with E-state index >= 15 is 0 Å². The summed E-state index contributed by atoms with van der Waals surface area (Å²) in [7, 11) is 0. The molecule has 0 atom stereocenters. The first-order valence-corrected chi connectivity index (χ1v) is 5.80. The van der Waals surface area contributed by atoms with E-state index in [1.54, 1.807) is 6.07 Å². The minimum absolute atomic E-state index is 0.0628. The van der Waals surface area contributed by atoms with E-state index in [9.17, 15) is 14.9 Å². The molecule has 0 amide bonds. The van der Waals surface area contributed by atoms with E-state index in [-0.39, 0.29) is 11.6 Å². The Morgan fingerprint density at radius 1 is 1.39 bits per heavy atom. The summed E-state index contributed by atoms with van der Waals surface area (Å²) in [5.41, 5.74) is 0.848. The van der Waals surface area contributed by atoms with E-state index in [1.807, 2.05) is 11.0 Å². The summed E-state index contributed by atoms with van der Waals surface area (Å²) in [5, 5.41) is 19.6. The van der Waals surface area contributed by atoms with Gasteiger partial charge in [-0.05, 0) is 18.9 Å². The molecular formula is C12H14N2O4. The van der Waals surface area contributed by atoms with Gasteiger partial charge in [0.1, 0.15) is 0 Å². The maximum absolute atomic E-state index is 10.8. The molecule has 0 bridgehead atoms. The molecule has 6 heteroatoms. The fourth-order valence-electron chi connectivity index (χ4n) is 2.19. The Morgan fingerprint density at radius 2 is 2.06 bits per heavy atom. The van der Waals surface area contributed by atoms with Crippen molar-refractivity contribution in [1.82, 2.24) is 0 Å². The van der Waals surface area contributed by atoms with Gasteiger partial charge in [0.25, 0.3) is 5.69 Å². The second-order valence-electron chi connectivity index (χ2n) is 4.38. The molecule has 0 spiro atoms. The summed E-state index contributed by atoms with van der Waals surface area (Å²) in [5.74, 6) is -1.05. The molecule has 6 nitrogen and oxygen atoms in total. The summed E-state index contributed by atoms with van der Waals surface area (Å²) in [4.78, 5) is 23.1. The molecule has 0 saturated carbocycles. The van der Waals surface area contributed by atoms with Crippen LogP contribution in [0.2, 0.25) is 0 Å². The number of carboxylic acids is 1. The molecular weight excluding hydrogens is 236 g/mol. The predicted octanol–water partition coefficient (Wildman–Crippen LogP) is 1.90. The topological polar surface area (TPSA) is 83.7 Å². The van der Waals surface area contributed by atoms with Crippen molar-refractivity contribution in [3.8, 4) is 0 Å². The Kier molecular flexibility index (Phi) is 3.45. The second kappa shape index (κ2) is 5.03. The van der Waals surface area contributed by atoms with Gasteiger partial charge in [-0.1, -0.05) is 6.07 Å². The number of anilines is 1. The maximum atomic E-state index is 10.8. The number of hydrogen-bond acceptors (Lipinski definition) is 4. The maximum Gasteiger partial charge on any atom is 0.306 e. The lowest BCUT2D eigenvalue weighted by Crippen LogP contribution is -2.36. The smallest absolute Gasteiger partial charge is 0.306 e. The second-order valence-corrected chi connectivity index (χ2v) is 4.38. The average Bonchev–Trinajstić information content (AvgIpc) is 2.39. The third-order valence-electron chi connectivity index (χ3n) is 3.25. The van der Waals surface area contributed by atoms with Gasteiger partial charge in [0.15, 0.2) is 0 Å². The zero-order valence-electron chi connectivity index (χ0n) is 9.78. The lowest BCUT2D eigenvalue weighted by atomic mass is 9.97. The highest BCUT2D eigenvalue weighted by atomic mass is 16.6. The first kappa shape index (κ1) is 12.3. The van der Waals surface area contributed by atoms with Gasteiger partial charge in [-0.25, -0.2) is 0 Å². The van der Waals surface area contributed by atoms with Gasteiger partial charge in [-0.2, -0.15) is 0 Å². The van der Waals surface area contributed by atoms with Crippen LogP contribution in [0, 0.1) is 16.0 Å². The van der Waals surface area contributed by atoms with Crippen LogP contribution in [0.15, 0.2) is 24.3 Å². The Bertz CT molecular complexity index is 467.